The molecule has 2 amide bonds. The molecule has 0 saturated carbocycles. The summed E-state index contributed by atoms with van der Waals surface area (Å²) in [4.78, 5) is 29.5. The Labute approximate surface area is 152 Å². The number of carbonyl (C=O) groups excluding carboxylic acids is 2. The molecule has 146 valence electrons. The van der Waals surface area contributed by atoms with Gasteiger partial charge in [0.2, 0.25) is 11.8 Å². The molecular formula is C19H37N3O3. The third-order valence-corrected chi connectivity index (χ3v) is 5.27. The molecule has 6 heteroatoms. The van der Waals surface area contributed by atoms with Crippen molar-refractivity contribution in [2.75, 3.05) is 27.2 Å². The minimum Gasteiger partial charge on any atom is -0.394 e. The van der Waals surface area contributed by atoms with E-state index in [-0.39, 0.29) is 36.4 Å². The van der Waals surface area contributed by atoms with Crippen LogP contribution in [0.15, 0.2) is 0 Å². The molecule has 1 heterocycles. The van der Waals surface area contributed by atoms with Gasteiger partial charge in [-0.1, -0.05) is 41.0 Å². The summed E-state index contributed by atoms with van der Waals surface area (Å²) in [5.41, 5.74) is -0.411. The maximum atomic E-state index is 13.1. The highest BCUT2D eigenvalue weighted by Crippen LogP contribution is 2.24. The first kappa shape index (κ1) is 21.9. The van der Waals surface area contributed by atoms with E-state index in [0.29, 0.717) is 0 Å². The first-order chi connectivity index (χ1) is 11.5. The smallest absolute Gasteiger partial charge is 0.245 e. The second-order valence-electron chi connectivity index (χ2n) is 8.74. The lowest BCUT2D eigenvalue weighted by Gasteiger charge is -2.39. The monoisotopic (exact) mass is 355 g/mol. The first-order valence-corrected chi connectivity index (χ1v) is 9.38. The largest absolute Gasteiger partial charge is 0.394 e. The summed E-state index contributed by atoms with van der Waals surface area (Å²) in [5, 5.41) is 12.6. The Kier molecular flexibility index (Phi) is 7.88. The summed E-state index contributed by atoms with van der Waals surface area (Å²) in [6.07, 6.45) is 2.97. The van der Waals surface area contributed by atoms with Crippen molar-refractivity contribution < 1.29 is 14.7 Å². The van der Waals surface area contributed by atoms with Gasteiger partial charge in [0, 0.05) is 7.05 Å². The summed E-state index contributed by atoms with van der Waals surface area (Å²) in [7, 11) is 3.67. The van der Waals surface area contributed by atoms with Gasteiger partial charge in [-0.2, -0.15) is 0 Å². The highest BCUT2D eigenvalue weighted by atomic mass is 16.3. The number of aliphatic hydroxyl groups excluding tert-OH is 1. The van der Waals surface area contributed by atoms with Crippen LogP contribution in [0.3, 0.4) is 0 Å². The number of carbonyl (C=O) groups is 2. The van der Waals surface area contributed by atoms with Crippen molar-refractivity contribution in [1.82, 2.24) is 15.1 Å². The SMILES string of the molecule is CC(C)[C@@H](CO)N(C)C(=O)[C@@H](NC(=O)[C@H]1CCCCN1C)C(C)(C)C. The molecule has 1 rings (SSSR count). The summed E-state index contributed by atoms with van der Waals surface area (Å²) in [6.45, 7) is 10.6. The Balaban J connectivity index is 2.93. The molecule has 0 bridgehead atoms. The molecule has 25 heavy (non-hydrogen) atoms. The van der Waals surface area contributed by atoms with Crippen LogP contribution >= 0.6 is 0 Å². The number of hydrogen-bond donors (Lipinski definition) is 2. The van der Waals surface area contributed by atoms with E-state index in [1.165, 1.54) is 0 Å². The third kappa shape index (κ3) is 5.68. The summed E-state index contributed by atoms with van der Waals surface area (Å²) >= 11 is 0. The number of hydrogen-bond acceptors (Lipinski definition) is 4. The van der Waals surface area contributed by atoms with Gasteiger partial charge in [-0.25, -0.2) is 0 Å². The van der Waals surface area contributed by atoms with Crippen molar-refractivity contribution in [3.63, 3.8) is 0 Å². The van der Waals surface area contributed by atoms with Crippen molar-refractivity contribution >= 4 is 11.8 Å². The van der Waals surface area contributed by atoms with Gasteiger partial charge in [-0.05, 0) is 37.8 Å². The molecular weight excluding hydrogens is 318 g/mol. The molecule has 1 aliphatic heterocycles. The normalized spacial score (nSPS) is 21.7. The Morgan fingerprint density at radius 1 is 1.28 bits per heavy atom. The molecule has 0 spiro atoms. The maximum absolute atomic E-state index is 13.1. The molecule has 0 aromatic rings. The average molecular weight is 356 g/mol. The van der Waals surface area contributed by atoms with Gasteiger partial charge in [0.15, 0.2) is 0 Å². The lowest BCUT2D eigenvalue weighted by Crippen LogP contribution is -2.60. The molecule has 0 unspecified atom stereocenters. The predicted octanol–water partition coefficient (Wildman–Crippen LogP) is 1.48. The molecule has 1 aliphatic rings. The number of likely N-dealkylation sites (N-methyl/N-ethyl adjacent to an activating group) is 2. The van der Waals surface area contributed by atoms with E-state index < -0.39 is 11.5 Å². The van der Waals surface area contributed by atoms with Crippen molar-refractivity contribution in [3.05, 3.63) is 0 Å². The van der Waals surface area contributed by atoms with Crippen molar-refractivity contribution in [2.45, 2.75) is 72.0 Å². The van der Waals surface area contributed by atoms with Crippen LogP contribution in [0.4, 0.5) is 0 Å². The number of amides is 2. The van der Waals surface area contributed by atoms with Gasteiger partial charge in [0.05, 0.1) is 18.7 Å². The molecule has 3 atom stereocenters. The zero-order valence-corrected chi connectivity index (χ0v) is 17.0. The van der Waals surface area contributed by atoms with Crippen LogP contribution in [0.1, 0.15) is 53.9 Å². The Morgan fingerprint density at radius 2 is 1.88 bits per heavy atom. The molecule has 6 nitrogen and oxygen atoms in total. The van der Waals surface area contributed by atoms with Gasteiger partial charge in [0.25, 0.3) is 0 Å². The van der Waals surface area contributed by atoms with Gasteiger partial charge < -0.3 is 15.3 Å². The van der Waals surface area contributed by atoms with Crippen molar-refractivity contribution in [1.29, 1.82) is 0 Å². The standard InChI is InChI=1S/C19H37N3O3/c1-13(2)15(12-23)22(7)18(25)16(19(3,4)5)20-17(24)14-10-8-9-11-21(14)6/h13-16,23H,8-12H2,1-7H3,(H,20,24)/t14-,15-,16-/m1/s1. The minimum atomic E-state index is -0.617. The van der Waals surface area contributed by atoms with Crippen molar-refractivity contribution in [3.8, 4) is 0 Å². The minimum absolute atomic E-state index is 0.0750. The van der Waals surface area contributed by atoms with E-state index in [4.69, 9.17) is 0 Å². The molecule has 0 aliphatic carbocycles. The van der Waals surface area contributed by atoms with E-state index in [2.05, 4.69) is 10.2 Å². The molecule has 0 radical (unpaired) electrons. The number of piperidine rings is 1. The van der Waals surface area contributed by atoms with E-state index in [1.54, 1.807) is 11.9 Å². The van der Waals surface area contributed by atoms with Crippen LogP contribution in [-0.2, 0) is 9.59 Å². The Bertz CT molecular complexity index is 459. The second kappa shape index (κ2) is 8.99. The zero-order chi connectivity index (χ0) is 19.4. The van der Waals surface area contributed by atoms with Gasteiger partial charge >= 0.3 is 0 Å². The van der Waals surface area contributed by atoms with Gasteiger partial charge in [-0.15, -0.1) is 0 Å². The molecule has 1 fully saturated rings. The van der Waals surface area contributed by atoms with Crippen LogP contribution < -0.4 is 5.32 Å². The highest BCUT2D eigenvalue weighted by Gasteiger charge is 2.39. The summed E-state index contributed by atoms with van der Waals surface area (Å²) < 4.78 is 0. The Morgan fingerprint density at radius 3 is 2.32 bits per heavy atom. The first-order valence-electron chi connectivity index (χ1n) is 9.38. The average Bonchev–Trinajstić information content (AvgIpc) is 2.51. The fraction of sp³-hybridized carbons (Fsp3) is 0.895. The second-order valence-corrected chi connectivity index (χ2v) is 8.74. The fourth-order valence-corrected chi connectivity index (χ4v) is 3.44. The van der Waals surface area contributed by atoms with Crippen LogP contribution in [0.5, 0.6) is 0 Å². The Hall–Kier alpha value is -1.14. The van der Waals surface area contributed by atoms with E-state index in [9.17, 15) is 14.7 Å². The number of nitrogens with zero attached hydrogens (tertiary/aromatic N) is 2. The predicted molar refractivity (Wildman–Crippen MR) is 100 cm³/mol. The lowest BCUT2D eigenvalue weighted by molar-refractivity contribution is -0.143. The topological polar surface area (TPSA) is 72.9 Å². The van der Waals surface area contributed by atoms with E-state index in [1.807, 2.05) is 41.7 Å². The van der Waals surface area contributed by atoms with Gasteiger partial charge in [0.1, 0.15) is 6.04 Å². The number of likely N-dealkylation sites (tertiary alicyclic amines) is 1. The van der Waals surface area contributed by atoms with E-state index >= 15 is 0 Å². The number of nitrogens with one attached hydrogen (secondary N) is 1. The van der Waals surface area contributed by atoms with E-state index in [0.717, 1.165) is 25.8 Å². The third-order valence-electron chi connectivity index (χ3n) is 5.27. The van der Waals surface area contributed by atoms with Crippen LogP contribution in [0, 0.1) is 11.3 Å². The highest BCUT2D eigenvalue weighted by molar-refractivity contribution is 5.90. The molecule has 2 N–H and O–H groups in total. The number of aliphatic hydroxyl groups is 1. The lowest BCUT2D eigenvalue weighted by atomic mass is 9.84. The molecule has 1 saturated heterocycles. The number of rotatable bonds is 6. The summed E-state index contributed by atoms with van der Waals surface area (Å²) in [6, 6.07) is -1.05. The maximum Gasteiger partial charge on any atom is 0.245 e. The van der Waals surface area contributed by atoms with Crippen molar-refractivity contribution in [2.24, 2.45) is 11.3 Å². The van der Waals surface area contributed by atoms with Crippen LogP contribution in [-0.4, -0.2) is 72.1 Å². The van der Waals surface area contributed by atoms with Crippen LogP contribution in [0.25, 0.3) is 0 Å². The molecule has 0 aromatic carbocycles. The quantitative estimate of drug-likeness (QED) is 0.757. The zero-order valence-electron chi connectivity index (χ0n) is 17.0. The fourth-order valence-electron chi connectivity index (χ4n) is 3.44. The summed E-state index contributed by atoms with van der Waals surface area (Å²) in [5.74, 6) is -0.0826. The van der Waals surface area contributed by atoms with Gasteiger partial charge in [-0.3, -0.25) is 14.5 Å². The van der Waals surface area contributed by atoms with Crippen LogP contribution in [0.2, 0.25) is 0 Å². The molecule has 0 aromatic heterocycles.